The van der Waals surface area contributed by atoms with Gasteiger partial charge in [-0.1, -0.05) is 35.9 Å². The molecule has 0 bridgehead atoms. The predicted octanol–water partition coefficient (Wildman–Crippen LogP) is 3.42. The van der Waals surface area contributed by atoms with Gasteiger partial charge in [-0.05, 0) is 53.3 Å². The fourth-order valence-corrected chi connectivity index (χ4v) is 2.53. The van der Waals surface area contributed by atoms with E-state index >= 15 is 0 Å². The number of esters is 1. The quantitative estimate of drug-likeness (QED) is 0.547. The van der Waals surface area contributed by atoms with Crippen LogP contribution in [0.2, 0.25) is 0 Å². The third-order valence-electron chi connectivity index (χ3n) is 3.35. The Bertz CT molecular complexity index is 698. The lowest BCUT2D eigenvalue weighted by molar-refractivity contribution is -0.133. The molecule has 0 heterocycles. The first-order valence-electron chi connectivity index (χ1n) is 7.18. The number of hydrogen-bond donors (Lipinski definition) is 0. The third-order valence-corrected chi connectivity index (χ3v) is 4.02. The number of aryl methyl sites for hydroxylation is 1. The molecule has 0 aliphatic rings. The van der Waals surface area contributed by atoms with Crippen LogP contribution >= 0.6 is 22.6 Å². The molecule has 120 valence electrons. The van der Waals surface area contributed by atoms with Crippen molar-refractivity contribution in [2.75, 3.05) is 13.7 Å². The molecule has 2 aromatic carbocycles. The monoisotopic (exact) mass is 423 g/mol. The zero-order chi connectivity index (χ0) is 16.8. The van der Waals surface area contributed by atoms with E-state index in [4.69, 9.17) is 4.74 Å². The average molecular weight is 423 g/mol. The second-order valence-electron chi connectivity index (χ2n) is 5.32. The van der Waals surface area contributed by atoms with Crippen LogP contribution < -0.4 is 0 Å². The zero-order valence-corrected chi connectivity index (χ0v) is 15.2. The number of ether oxygens (including phenoxy) is 1. The van der Waals surface area contributed by atoms with Gasteiger partial charge >= 0.3 is 5.97 Å². The summed E-state index contributed by atoms with van der Waals surface area (Å²) in [5, 5.41) is 0. The molecule has 0 saturated heterocycles. The fraction of sp³-hybridized carbons (Fsp3) is 0.222. The van der Waals surface area contributed by atoms with Crippen molar-refractivity contribution >= 4 is 34.5 Å². The molecule has 4 nitrogen and oxygen atoms in total. The fourth-order valence-electron chi connectivity index (χ4n) is 1.99. The summed E-state index contributed by atoms with van der Waals surface area (Å²) in [6.07, 6.45) is 0. The van der Waals surface area contributed by atoms with E-state index in [-0.39, 0.29) is 12.5 Å². The van der Waals surface area contributed by atoms with Crippen LogP contribution in [0, 0.1) is 10.5 Å². The summed E-state index contributed by atoms with van der Waals surface area (Å²) in [4.78, 5) is 25.5. The van der Waals surface area contributed by atoms with Crippen molar-refractivity contribution < 1.29 is 14.3 Å². The van der Waals surface area contributed by atoms with Crippen LogP contribution in [0.4, 0.5) is 0 Å². The van der Waals surface area contributed by atoms with Crippen molar-refractivity contribution in [3.8, 4) is 0 Å². The Kier molecular flexibility index (Phi) is 6.15. The molecule has 0 aromatic heterocycles. The van der Waals surface area contributed by atoms with Crippen LogP contribution in [0.25, 0.3) is 0 Å². The molecule has 0 aliphatic heterocycles. The Morgan fingerprint density at radius 1 is 1.13 bits per heavy atom. The minimum atomic E-state index is -0.486. The molecular weight excluding hydrogens is 405 g/mol. The molecule has 0 radical (unpaired) electrons. The second kappa shape index (κ2) is 8.10. The lowest BCUT2D eigenvalue weighted by Crippen LogP contribution is -2.30. The normalized spacial score (nSPS) is 10.2. The number of halogens is 1. The van der Waals surface area contributed by atoms with Gasteiger partial charge < -0.3 is 9.64 Å². The van der Waals surface area contributed by atoms with Gasteiger partial charge in [-0.15, -0.1) is 0 Å². The Balaban J connectivity index is 1.86. The molecule has 5 heteroatoms. The van der Waals surface area contributed by atoms with Gasteiger partial charge in [0.25, 0.3) is 5.91 Å². The molecule has 23 heavy (non-hydrogen) atoms. The largest absolute Gasteiger partial charge is 0.452 e. The van der Waals surface area contributed by atoms with Crippen LogP contribution in [0.5, 0.6) is 0 Å². The van der Waals surface area contributed by atoms with Crippen LogP contribution in [-0.2, 0) is 16.1 Å². The van der Waals surface area contributed by atoms with Gasteiger partial charge in [0.2, 0.25) is 0 Å². The molecule has 0 fully saturated rings. The van der Waals surface area contributed by atoms with Gasteiger partial charge in [-0.3, -0.25) is 4.79 Å². The number of rotatable bonds is 5. The number of carbonyl (C=O) groups excluding carboxylic acids is 2. The molecule has 0 spiro atoms. The zero-order valence-electron chi connectivity index (χ0n) is 13.1. The second-order valence-corrected chi connectivity index (χ2v) is 6.57. The number of hydrogen-bond acceptors (Lipinski definition) is 3. The van der Waals surface area contributed by atoms with Crippen molar-refractivity contribution in [3.63, 3.8) is 0 Å². The molecule has 1 amide bonds. The van der Waals surface area contributed by atoms with Gasteiger partial charge in [0.15, 0.2) is 6.61 Å². The maximum atomic E-state index is 12.1. The first kappa shape index (κ1) is 17.5. The first-order chi connectivity index (χ1) is 11.0. The lowest BCUT2D eigenvalue weighted by Gasteiger charge is -2.17. The number of likely N-dealkylation sites (N-methyl/N-ethyl adjacent to an activating group) is 1. The number of nitrogens with zero attached hydrogens (tertiary/aromatic N) is 1. The van der Waals surface area contributed by atoms with E-state index in [1.807, 2.05) is 37.3 Å². The van der Waals surface area contributed by atoms with Gasteiger partial charge in [-0.25, -0.2) is 4.79 Å². The highest BCUT2D eigenvalue weighted by Gasteiger charge is 2.14. The van der Waals surface area contributed by atoms with Crippen molar-refractivity contribution in [1.29, 1.82) is 0 Å². The Labute approximate surface area is 149 Å². The summed E-state index contributed by atoms with van der Waals surface area (Å²) < 4.78 is 6.03. The summed E-state index contributed by atoms with van der Waals surface area (Å²) in [5.74, 6) is -0.717. The average Bonchev–Trinajstić information content (AvgIpc) is 2.54. The maximum absolute atomic E-state index is 12.1. The van der Waals surface area contributed by atoms with E-state index in [1.54, 1.807) is 30.1 Å². The smallest absolute Gasteiger partial charge is 0.338 e. The van der Waals surface area contributed by atoms with Crippen LogP contribution in [0.1, 0.15) is 21.5 Å². The van der Waals surface area contributed by atoms with Crippen molar-refractivity contribution in [2.45, 2.75) is 13.5 Å². The standard InChI is InChI=1S/C18H18INO3/c1-13-6-8-14(9-7-13)11-20(2)17(21)12-23-18(22)15-4-3-5-16(19)10-15/h3-10H,11-12H2,1-2H3. The van der Waals surface area contributed by atoms with E-state index in [0.717, 1.165) is 9.13 Å². The van der Waals surface area contributed by atoms with Crippen molar-refractivity contribution in [1.82, 2.24) is 4.90 Å². The molecule has 0 unspecified atom stereocenters. The van der Waals surface area contributed by atoms with Crippen LogP contribution in [-0.4, -0.2) is 30.4 Å². The topological polar surface area (TPSA) is 46.6 Å². The highest BCUT2D eigenvalue weighted by Crippen LogP contribution is 2.10. The summed E-state index contributed by atoms with van der Waals surface area (Å²) in [5.41, 5.74) is 2.66. The van der Waals surface area contributed by atoms with E-state index in [2.05, 4.69) is 22.6 Å². The molecule has 0 saturated carbocycles. The minimum Gasteiger partial charge on any atom is -0.452 e. The van der Waals surface area contributed by atoms with Gasteiger partial charge in [0.1, 0.15) is 0 Å². The maximum Gasteiger partial charge on any atom is 0.338 e. The molecule has 2 aromatic rings. The number of carbonyl (C=O) groups is 2. The molecule has 0 aliphatic carbocycles. The van der Waals surface area contributed by atoms with E-state index in [0.29, 0.717) is 12.1 Å². The van der Waals surface area contributed by atoms with Crippen LogP contribution in [0.3, 0.4) is 0 Å². The molecule has 2 rings (SSSR count). The summed E-state index contributed by atoms with van der Waals surface area (Å²) in [6, 6.07) is 15.0. The van der Waals surface area contributed by atoms with Crippen LogP contribution in [0.15, 0.2) is 48.5 Å². The third kappa shape index (κ3) is 5.35. The number of amides is 1. The van der Waals surface area contributed by atoms with Crippen molar-refractivity contribution in [2.24, 2.45) is 0 Å². The predicted molar refractivity (Wildman–Crippen MR) is 97.1 cm³/mol. The van der Waals surface area contributed by atoms with Gasteiger partial charge in [0.05, 0.1) is 5.56 Å². The Morgan fingerprint density at radius 2 is 1.83 bits per heavy atom. The summed E-state index contributed by atoms with van der Waals surface area (Å²) in [7, 11) is 1.70. The number of benzene rings is 2. The van der Waals surface area contributed by atoms with E-state index in [1.165, 1.54) is 5.56 Å². The van der Waals surface area contributed by atoms with Gasteiger partial charge in [0, 0.05) is 17.2 Å². The lowest BCUT2D eigenvalue weighted by atomic mass is 10.1. The highest BCUT2D eigenvalue weighted by atomic mass is 127. The minimum absolute atomic E-state index is 0.232. The summed E-state index contributed by atoms with van der Waals surface area (Å²) in [6.45, 7) is 2.25. The van der Waals surface area contributed by atoms with E-state index < -0.39 is 5.97 Å². The molecular formula is C18H18INO3. The SMILES string of the molecule is Cc1ccc(CN(C)C(=O)COC(=O)c2cccc(I)c2)cc1. The van der Waals surface area contributed by atoms with Gasteiger partial charge in [-0.2, -0.15) is 0 Å². The first-order valence-corrected chi connectivity index (χ1v) is 8.26. The highest BCUT2D eigenvalue weighted by molar-refractivity contribution is 14.1. The Morgan fingerprint density at radius 3 is 2.48 bits per heavy atom. The van der Waals surface area contributed by atoms with Crippen molar-refractivity contribution in [3.05, 3.63) is 68.8 Å². The molecule has 0 N–H and O–H groups in total. The van der Waals surface area contributed by atoms with E-state index in [9.17, 15) is 9.59 Å². The molecule has 0 atom stereocenters. The summed E-state index contributed by atoms with van der Waals surface area (Å²) >= 11 is 2.12. The Hall–Kier alpha value is -1.89.